The van der Waals surface area contributed by atoms with Gasteiger partial charge in [0.1, 0.15) is 5.69 Å². The Balaban J connectivity index is 2.18. The summed E-state index contributed by atoms with van der Waals surface area (Å²) in [6.45, 7) is 7.52. The van der Waals surface area contributed by atoms with Crippen molar-refractivity contribution in [2.45, 2.75) is 39.4 Å². The Hall–Kier alpha value is -2.64. The summed E-state index contributed by atoms with van der Waals surface area (Å²) in [5.74, 6) is -0.215. The number of nitrogens with zero attached hydrogens (tertiary/aromatic N) is 2. The fourth-order valence-corrected chi connectivity index (χ4v) is 2.01. The van der Waals surface area contributed by atoms with Crippen LogP contribution in [0.15, 0.2) is 30.3 Å². The molecule has 2 N–H and O–H groups in total. The van der Waals surface area contributed by atoms with Gasteiger partial charge in [-0.2, -0.15) is 13.2 Å². The molecule has 0 saturated heterocycles. The van der Waals surface area contributed by atoms with Gasteiger partial charge in [-0.3, -0.25) is 4.79 Å². The molecule has 0 spiro atoms. The molecule has 2 aromatic rings. The molecule has 25 heavy (non-hydrogen) atoms. The maximum absolute atomic E-state index is 12.6. The van der Waals surface area contributed by atoms with Crippen molar-refractivity contribution in [3.8, 4) is 0 Å². The van der Waals surface area contributed by atoms with Gasteiger partial charge in [-0.25, -0.2) is 9.97 Å². The van der Waals surface area contributed by atoms with E-state index in [1.54, 1.807) is 6.92 Å². The van der Waals surface area contributed by atoms with Gasteiger partial charge in [-0.1, -0.05) is 0 Å². The highest BCUT2D eigenvalue weighted by atomic mass is 19.4. The summed E-state index contributed by atoms with van der Waals surface area (Å²) >= 11 is 0. The molecular weight excluding hydrogens is 333 g/mol. The van der Waals surface area contributed by atoms with Gasteiger partial charge in [0.15, 0.2) is 0 Å². The largest absolute Gasteiger partial charge is 0.416 e. The molecular formula is C17H19F3N4O. The fraction of sp³-hybridized carbons (Fsp3) is 0.353. The number of nitrogens with one attached hydrogen (secondary N) is 2. The van der Waals surface area contributed by atoms with Crippen LogP contribution in [0, 0.1) is 6.92 Å². The minimum absolute atomic E-state index is 0.124. The molecule has 1 amide bonds. The number of benzene rings is 1. The smallest absolute Gasteiger partial charge is 0.350 e. The summed E-state index contributed by atoms with van der Waals surface area (Å²) in [6, 6.07) is 5.72. The Labute approximate surface area is 143 Å². The summed E-state index contributed by atoms with van der Waals surface area (Å²) in [6.07, 6.45) is -4.42. The van der Waals surface area contributed by atoms with Gasteiger partial charge in [0, 0.05) is 16.9 Å². The lowest BCUT2D eigenvalue weighted by atomic mass is 10.1. The van der Waals surface area contributed by atoms with Crippen molar-refractivity contribution >= 4 is 17.5 Å². The second-order valence-electron chi connectivity index (χ2n) is 6.62. The third-order valence-corrected chi connectivity index (χ3v) is 3.04. The molecule has 1 aromatic carbocycles. The third kappa shape index (κ3) is 5.44. The quantitative estimate of drug-likeness (QED) is 0.866. The first kappa shape index (κ1) is 18.7. The van der Waals surface area contributed by atoms with Crippen LogP contribution in [0.25, 0.3) is 0 Å². The van der Waals surface area contributed by atoms with Crippen molar-refractivity contribution in [1.82, 2.24) is 9.97 Å². The van der Waals surface area contributed by atoms with Gasteiger partial charge in [0.25, 0.3) is 5.91 Å². The molecule has 5 nitrogen and oxygen atoms in total. The molecule has 0 bridgehead atoms. The topological polar surface area (TPSA) is 66.9 Å². The van der Waals surface area contributed by atoms with Crippen LogP contribution in [0.2, 0.25) is 0 Å². The number of halogens is 3. The van der Waals surface area contributed by atoms with Crippen molar-refractivity contribution in [2.24, 2.45) is 0 Å². The highest BCUT2D eigenvalue weighted by Gasteiger charge is 2.30. The maximum atomic E-state index is 12.6. The number of carbonyl (C=O) groups is 1. The lowest BCUT2D eigenvalue weighted by Gasteiger charge is -2.20. The number of aryl methyl sites for hydroxylation is 1. The molecule has 0 fully saturated rings. The van der Waals surface area contributed by atoms with E-state index in [-0.39, 0.29) is 16.9 Å². The van der Waals surface area contributed by atoms with E-state index in [1.807, 2.05) is 20.8 Å². The number of alkyl halides is 3. The van der Waals surface area contributed by atoms with Crippen LogP contribution in [0.3, 0.4) is 0 Å². The van der Waals surface area contributed by atoms with Crippen LogP contribution in [0.1, 0.15) is 42.5 Å². The van der Waals surface area contributed by atoms with Gasteiger partial charge in [0.2, 0.25) is 5.95 Å². The number of rotatable bonds is 3. The minimum atomic E-state index is -4.42. The summed E-state index contributed by atoms with van der Waals surface area (Å²) in [5.41, 5.74) is -0.0901. The molecule has 0 radical (unpaired) electrons. The van der Waals surface area contributed by atoms with Crippen LogP contribution < -0.4 is 10.6 Å². The van der Waals surface area contributed by atoms with Crippen LogP contribution in [-0.4, -0.2) is 21.4 Å². The molecule has 0 aliphatic carbocycles. The van der Waals surface area contributed by atoms with Gasteiger partial charge in [0.05, 0.1) is 5.56 Å². The van der Waals surface area contributed by atoms with Crippen molar-refractivity contribution < 1.29 is 18.0 Å². The first-order valence-corrected chi connectivity index (χ1v) is 7.56. The van der Waals surface area contributed by atoms with E-state index in [0.29, 0.717) is 11.6 Å². The van der Waals surface area contributed by atoms with Crippen LogP contribution >= 0.6 is 0 Å². The van der Waals surface area contributed by atoms with Gasteiger partial charge < -0.3 is 10.6 Å². The molecule has 1 aromatic heterocycles. The highest BCUT2D eigenvalue weighted by molar-refractivity contribution is 6.03. The van der Waals surface area contributed by atoms with Crippen LogP contribution in [-0.2, 0) is 6.18 Å². The van der Waals surface area contributed by atoms with E-state index in [0.717, 1.165) is 12.1 Å². The molecule has 2 rings (SSSR count). The number of hydrogen-bond acceptors (Lipinski definition) is 4. The summed E-state index contributed by atoms with van der Waals surface area (Å²) in [4.78, 5) is 20.7. The fourth-order valence-electron chi connectivity index (χ4n) is 2.01. The Kier molecular flexibility index (Phi) is 5.01. The van der Waals surface area contributed by atoms with Crippen LogP contribution in [0.4, 0.5) is 24.8 Å². The number of aromatic nitrogens is 2. The monoisotopic (exact) mass is 352 g/mol. The Morgan fingerprint density at radius 1 is 1.04 bits per heavy atom. The van der Waals surface area contributed by atoms with E-state index < -0.39 is 17.6 Å². The molecule has 0 atom stereocenters. The Morgan fingerprint density at radius 3 is 2.16 bits per heavy atom. The molecule has 0 aliphatic rings. The number of amides is 1. The molecule has 8 heteroatoms. The Morgan fingerprint density at radius 2 is 1.64 bits per heavy atom. The summed E-state index contributed by atoms with van der Waals surface area (Å²) < 4.78 is 37.7. The zero-order valence-corrected chi connectivity index (χ0v) is 14.3. The van der Waals surface area contributed by atoms with Crippen molar-refractivity contribution in [2.75, 3.05) is 10.6 Å². The van der Waals surface area contributed by atoms with E-state index in [2.05, 4.69) is 20.6 Å². The summed E-state index contributed by atoms with van der Waals surface area (Å²) in [5, 5.41) is 5.61. The lowest BCUT2D eigenvalue weighted by molar-refractivity contribution is -0.137. The minimum Gasteiger partial charge on any atom is -0.350 e. The first-order chi connectivity index (χ1) is 11.4. The zero-order valence-electron chi connectivity index (χ0n) is 14.3. The number of carbonyl (C=O) groups excluding carboxylic acids is 1. The van der Waals surface area contributed by atoms with Crippen molar-refractivity contribution in [1.29, 1.82) is 0 Å². The van der Waals surface area contributed by atoms with E-state index in [9.17, 15) is 18.0 Å². The third-order valence-electron chi connectivity index (χ3n) is 3.04. The van der Waals surface area contributed by atoms with E-state index >= 15 is 0 Å². The van der Waals surface area contributed by atoms with Crippen LogP contribution in [0.5, 0.6) is 0 Å². The predicted molar refractivity (Wildman–Crippen MR) is 89.5 cm³/mol. The van der Waals surface area contributed by atoms with Gasteiger partial charge in [-0.15, -0.1) is 0 Å². The average Bonchev–Trinajstić information content (AvgIpc) is 2.44. The molecule has 134 valence electrons. The van der Waals surface area contributed by atoms with Gasteiger partial charge in [-0.05, 0) is 58.0 Å². The van der Waals surface area contributed by atoms with Crippen molar-refractivity contribution in [3.05, 3.63) is 47.3 Å². The maximum Gasteiger partial charge on any atom is 0.416 e. The second-order valence-corrected chi connectivity index (χ2v) is 6.62. The SMILES string of the molecule is Cc1cc(C(=O)Nc2ccc(C(F)(F)F)cc2)nc(NC(C)(C)C)n1. The second kappa shape index (κ2) is 6.70. The average molecular weight is 352 g/mol. The molecule has 0 aliphatic heterocycles. The van der Waals surface area contributed by atoms with E-state index in [1.165, 1.54) is 18.2 Å². The highest BCUT2D eigenvalue weighted by Crippen LogP contribution is 2.29. The Bertz CT molecular complexity index is 765. The molecule has 0 unspecified atom stereocenters. The lowest BCUT2D eigenvalue weighted by Crippen LogP contribution is -2.28. The predicted octanol–water partition coefficient (Wildman–Crippen LogP) is 4.27. The first-order valence-electron chi connectivity index (χ1n) is 7.56. The summed E-state index contributed by atoms with van der Waals surface area (Å²) in [7, 11) is 0. The number of hydrogen-bond donors (Lipinski definition) is 2. The zero-order chi connectivity index (χ0) is 18.8. The number of anilines is 2. The normalized spacial score (nSPS) is 12.0. The molecule has 0 saturated carbocycles. The van der Waals surface area contributed by atoms with E-state index in [4.69, 9.17) is 0 Å². The van der Waals surface area contributed by atoms with Crippen molar-refractivity contribution in [3.63, 3.8) is 0 Å². The molecule has 1 heterocycles. The standard InChI is InChI=1S/C17H19F3N4O/c1-10-9-13(23-15(21-10)24-16(2,3)4)14(25)22-12-7-5-11(6-8-12)17(18,19)20/h5-9H,1-4H3,(H,22,25)(H,21,23,24). The van der Waals surface area contributed by atoms with Gasteiger partial charge >= 0.3 is 6.18 Å².